The Morgan fingerprint density at radius 3 is 2.85 bits per heavy atom. The molecule has 5 rings (SSSR count). The summed E-state index contributed by atoms with van der Waals surface area (Å²) in [6.45, 7) is 5.37. The Morgan fingerprint density at radius 1 is 1.12 bits per heavy atom. The highest BCUT2D eigenvalue weighted by Crippen LogP contribution is 2.33. The molecule has 0 bridgehead atoms. The summed E-state index contributed by atoms with van der Waals surface area (Å²) in [4.78, 5) is 18.7. The second-order valence-electron chi connectivity index (χ2n) is 9.51. The van der Waals surface area contributed by atoms with Crippen molar-refractivity contribution in [2.45, 2.75) is 50.2 Å². The van der Waals surface area contributed by atoms with Crippen LogP contribution in [0.2, 0.25) is 0 Å². The van der Waals surface area contributed by atoms with Gasteiger partial charge < -0.3 is 19.6 Å². The second-order valence-corrected chi connectivity index (χ2v) is 10.6. The van der Waals surface area contributed by atoms with Crippen LogP contribution in [0.4, 0.5) is 0 Å². The summed E-state index contributed by atoms with van der Waals surface area (Å²) in [5, 5.41) is 9.39. The van der Waals surface area contributed by atoms with Gasteiger partial charge in [-0.1, -0.05) is 30.3 Å². The van der Waals surface area contributed by atoms with Gasteiger partial charge in [0.2, 0.25) is 5.91 Å². The molecule has 176 valence electrons. The zero-order chi connectivity index (χ0) is 22.6. The van der Waals surface area contributed by atoms with Crippen molar-refractivity contribution in [2.75, 3.05) is 38.5 Å². The largest absolute Gasteiger partial charge is 0.493 e. The number of carbonyl (C=O) groups is 1. The maximum Gasteiger partial charge on any atom is 0.224 e. The summed E-state index contributed by atoms with van der Waals surface area (Å²) in [6, 6.07) is 12.7. The highest BCUT2D eigenvalue weighted by Gasteiger charge is 2.24. The molecule has 0 unspecified atom stereocenters. The fourth-order valence-electron chi connectivity index (χ4n) is 5.31. The lowest BCUT2D eigenvalue weighted by Gasteiger charge is -2.32. The molecule has 1 N–H and O–H groups in total. The third-order valence-electron chi connectivity index (χ3n) is 7.30. The Kier molecular flexibility index (Phi) is 7.24. The first kappa shape index (κ1) is 22.8. The van der Waals surface area contributed by atoms with Crippen LogP contribution >= 0.6 is 11.8 Å². The van der Waals surface area contributed by atoms with Gasteiger partial charge in [0, 0.05) is 43.1 Å². The third-order valence-corrected chi connectivity index (χ3v) is 8.38. The minimum atomic E-state index is 0.0640. The van der Waals surface area contributed by atoms with Crippen LogP contribution in [0.5, 0.6) is 5.75 Å². The van der Waals surface area contributed by atoms with Gasteiger partial charge in [0.05, 0.1) is 13.2 Å². The van der Waals surface area contributed by atoms with Crippen LogP contribution in [-0.4, -0.2) is 59.4 Å². The predicted octanol–water partition coefficient (Wildman–Crippen LogP) is 3.89. The number of likely N-dealkylation sites (tertiary alicyclic amines) is 1. The SMILES string of the molecule is O=C(CCN1CCC(Cc2cccc3c2OCC3)CC1)N1CCSc2cc(CO)ccc2C1. The van der Waals surface area contributed by atoms with E-state index in [4.69, 9.17) is 4.74 Å². The van der Waals surface area contributed by atoms with Gasteiger partial charge >= 0.3 is 0 Å². The Bertz CT molecular complexity index is 987. The number of aliphatic hydroxyl groups excluding tert-OH is 1. The van der Waals surface area contributed by atoms with Crippen molar-refractivity contribution >= 4 is 17.7 Å². The van der Waals surface area contributed by atoms with Gasteiger partial charge in [0.25, 0.3) is 0 Å². The molecule has 5 nitrogen and oxygen atoms in total. The fraction of sp³-hybridized carbons (Fsp3) is 0.519. The fourth-order valence-corrected chi connectivity index (χ4v) is 6.39. The van der Waals surface area contributed by atoms with E-state index in [-0.39, 0.29) is 12.5 Å². The number of carbonyl (C=O) groups excluding carboxylic acids is 1. The van der Waals surface area contributed by atoms with E-state index in [1.807, 2.05) is 11.0 Å². The molecule has 33 heavy (non-hydrogen) atoms. The number of hydrogen-bond donors (Lipinski definition) is 1. The number of thioether (sulfide) groups is 1. The average Bonchev–Trinajstić information content (AvgIpc) is 3.23. The molecule has 0 spiro atoms. The number of amides is 1. The average molecular weight is 467 g/mol. The monoisotopic (exact) mass is 466 g/mol. The summed E-state index contributed by atoms with van der Waals surface area (Å²) in [5.41, 5.74) is 4.88. The molecule has 3 aliphatic rings. The number of piperidine rings is 1. The van der Waals surface area contributed by atoms with Crippen LogP contribution in [0.25, 0.3) is 0 Å². The first-order valence-electron chi connectivity index (χ1n) is 12.3. The maximum atomic E-state index is 13.0. The standard InChI is InChI=1S/C27H34N2O3S/c30-19-21-4-5-24-18-29(13-15-33-25(24)17-21)26(31)8-12-28-10-6-20(7-11-28)16-23-3-1-2-22-9-14-32-27(22)23/h1-5,17,20,30H,6-16,18-19H2. The maximum absolute atomic E-state index is 13.0. The molecule has 0 aliphatic carbocycles. The first-order valence-corrected chi connectivity index (χ1v) is 13.3. The van der Waals surface area contributed by atoms with Gasteiger partial charge in [0.1, 0.15) is 5.75 Å². The molecule has 3 heterocycles. The lowest BCUT2D eigenvalue weighted by atomic mass is 9.89. The van der Waals surface area contributed by atoms with Crippen molar-refractivity contribution in [3.05, 3.63) is 58.7 Å². The number of nitrogens with zero attached hydrogens (tertiary/aromatic N) is 2. The van der Waals surface area contributed by atoms with Crippen LogP contribution in [0.1, 0.15) is 41.5 Å². The van der Waals surface area contributed by atoms with E-state index in [9.17, 15) is 9.90 Å². The molecule has 1 saturated heterocycles. The summed E-state index contributed by atoms with van der Waals surface area (Å²) in [6.07, 6.45) is 5.14. The van der Waals surface area contributed by atoms with E-state index in [1.165, 1.54) is 34.4 Å². The van der Waals surface area contributed by atoms with E-state index in [0.29, 0.717) is 18.9 Å². The molecular weight excluding hydrogens is 432 g/mol. The number of benzene rings is 2. The lowest BCUT2D eigenvalue weighted by molar-refractivity contribution is -0.132. The van der Waals surface area contributed by atoms with Crippen LogP contribution in [0.3, 0.4) is 0 Å². The molecule has 0 aromatic heterocycles. The summed E-state index contributed by atoms with van der Waals surface area (Å²) in [5.74, 6) is 3.02. The third kappa shape index (κ3) is 5.39. The minimum Gasteiger partial charge on any atom is -0.493 e. The number of para-hydroxylation sites is 1. The summed E-state index contributed by atoms with van der Waals surface area (Å²) in [7, 11) is 0. The van der Waals surface area contributed by atoms with Gasteiger partial charge in [-0.15, -0.1) is 11.8 Å². The molecule has 1 amide bonds. The van der Waals surface area contributed by atoms with Crippen molar-refractivity contribution in [3.8, 4) is 5.75 Å². The number of aliphatic hydroxyl groups is 1. The Hall–Kier alpha value is -2.02. The lowest BCUT2D eigenvalue weighted by Crippen LogP contribution is -2.38. The van der Waals surface area contributed by atoms with Gasteiger partial charge in [-0.2, -0.15) is 0 Å². The number of ether oxygens (including phenoxy) is 1. The molecule has 0 atom stereocenters. The van der Waals surface area contributed by atoms with Gasteiger partial charge in [-0.25, -0.2) is 0 Å². The minimum absolute atomic E-state index is 0.0640. The Labute approximate surface area is 201 Å². The normalized spacial score (nSPS) is 19.0. The molecule has 3 aliphatic heterocycles. The smallest absolute Gasteiger partial charge is 0.224 e. The quantitative estimate of drug-likeness (QED) is 0.700. The van der Waals surface area contributed by atoms with Crippen LogP contribution in [0, 0.1) is 5.92 Å². The molecule has 2 aromatic carbocycles. The number of hydrogen-bond acceptors (Lipinski definition) is 5. The first-order chi connectivity index (χ1) is 16.2. The van der Waals surface area contributed by atoms with Crippen molar-refractivity contribution in [1.82, 2.24) is 9.80 Å². The van der Waals surface area contributed by atoms with Gasteiger partial charge in [0.15, 0.2) is 0 Å². The van der Waals surface area contributed by atoms with E-state index >= 15 is 0 Å². The molecule has 0 radical (unpaired) electrons. The number of fused-ring (bicyclic) bond motifs is 2. The van der Waals surface area contributed by atoms with Crippen molar-refractivity contribution in [2.24, 2.45) is 5.92 Å². The van der Waals surface area contributed by atoms with Crippen molar-refractivity contribution < 1.29 is 14.6 Å². The highest BCUT2D eigenvalue weighted by atomic mass is 32.2. The van der Waals surface area contributed by atoms with E-state index < -0.39 is 0 Å². The van der Waals surface area contributed by atoms with E-state index in [1.54, 1.807) is 11.8 Å². The van der Waals surface area contributed by atoms with Crippen LogP contribution in [0.15, 0.2) is 41.3 Å². The van der Waals surface area contributed by atoms with E-state index in [0.717, 1.165) is 62.7 Å². The van der Waals surface area contributed by atoms with E-state index in [2.05, 4.69) is 35.2 Å². The molecule has 2 aromatic rings. The zero-order valence-corrected chi connectivity index (χ0v) is 20.1. The van der Waals surface area contributed by atoms with Crippen LogP contribution < -0.4 is 4.74 Å². The summed E-state index contributed by atoms with van der Waals surface area (Å²) < 4.78 is 5.89. The van der Waals surface area contributed by atoms with Crippen molar-refractivity contribution in [3.63, 3.8) is 0 Å². The van der Waals surface area contributed by atoms with Gasteiger partial charge in [-0.05, 0) is 66.6 Å². The molecule has 6 heteroatoms. The molecular formula is C27H34N2O3S. The Balaban J connectivity index is 1.09. The van der Waals surface area contributed by atoms with Crippen LogP contribution in [-0.2, 0) is 30.8 Å². The Morgan fingerprint density at radius 2 is 2.00 bits per heavy atom. The predicted molar refractivity (Wildman–Crippen MR) is 132 cm³/mol. The zero-order valence-electron chi connectivity index (χ0n) is 19.3. The number of rotatable bonds is 6. The summed E-state index contributed by atoms with van der Waals surface area (Å²) >= 11 is 1.79. The van der Waals surface area contributed by atoms with Crippen molar-refractivity contribution in [1.29, 1.82) is 0 Å². The molecule has 0 saturated carbocycles. The molecule has 1 fully saturated rings. The highest BCUT2D eigenvalue weighted by molar-refractivity contribution is 7.99. The second kappa shape index (κ2) is 10.5. The topological polar surface area (TPSA) is 53.0 Å². The van der Waals surface area contributed by atoms with Gasteiger partial charge in [-0.3, -0.25) is 4.79 Å².